The Bertz CT molecular complexity index is 401. The number of aliphatic carboxylic acids is 1. The lowest BCUT2D eigenvalue weighted by atomic mass is 10.2. The molecular weight excluding hydrogens is 232 g/mol. The van der Waals surface area contributed by atoms with E-state index in [9.17, 15) is 4.79 Å². The molecule has 6 nitrogen and oxygen atoms in total. The van der Waals surface area contributed by atoms with Crippen LogP contribution in [0.1, 0.15) is 0 Å². The molecule has 1 atom stereocenters. The Morgan fingerprint density at radius 1 is 1.69 bits per heavy atom. The molecular formula is C9H11ClN4O2. The fourth-order valence-electron chi connectivity index (χ4n) is 1.63. The minimum Gasteiger partial charge on any atom is -0.480 e. The molecule has 1 aromatic rings. The van der Waals surface area contributed by atoms with E-state index in [-0.39, 0.29) is 0 Å². The lowest BCUT2D eigenvalue weighted by Crippen LogP contribution is -2.55. The molecule has 0 amide bonds. The minimum absolute atomic E-state index is 0.313. The second kappa shape index (κ2) is 4.63. The quantitative estimate of drug-likeness (QED) is 0.711. The fraction of sp³-hybridized carbons (Fsp3) is 0.444. The van der Waals surface area contributed by atoms with Crippen LogP contribution in [0, 0.1) is 0 Å². The average molecular weight is 243 g/mol. The first kappa shape index (κ1) is 11.1. The number of rotatable bonds is 2. The smallest absolute Gasteiger partial charge is 0.327 e. The Hall–Kier alpha value is -1.40. The zero-order chi connectivity index (χ0) is 11.5. The zero-order valence-corrected chi connectivity index (χ0v) is 9.18. The average Bonchev–Trinajstić information content (AvgIpc) is 2.29. The van der Waals surface area contributed by atoms with Crippen molar-refractivity contribution in [3.63, 3.8) is 0 Å². The van der Waals surface area contributed by atoms with Crippen LogP contribution >= 0.6 is 11.6 Å². The topological polar surface area (TPSA) is 78.4 Å². The molecule has 0 spiro atoms. The summed E-state index contributed by atoms with van der Waals surface area (Å²) in [6, 6.07) is 0.912. The van der Waals surface area contributed by atoms with E-state index in [0.717, 1.165) is 0 Å². The van der Waals surface area contributed by atoms with E-state index in [1.807, 2.05) is 0 Å². The second-order valence-electron chi connectivity index (χ2n) is 3.43. The molecule has 1 fully saturated rings. The molecule has 1 aliphatic rings. The highest BCUT2D eigenvalue weighted by atomic mass is 35.5. The molecule has 1 unspecified atom stereocenters. The maximum absolute atomic E-state index is 11.1. The van der Waals surface area contributed by atoms with Gasteiger partial charge in [-0.25, -0.2) is 14.8 Å². The van der Waals surface area contributed by atoms with Crippen molar-refractivity contribution in [1.29, 1.82) is 0 Å². The predicted octanol–water partition coefficient (Wildman–Crippen LogP) is -0.00720. The normalized spacial score (nSPS) is 20.8. The van der Waals surface area contributed by atoms with Gasteiger partial charge in [0.1, 0.15) is 11.2 Å². The summed E-state index contributed by atoms with van der Waals surface area (Å²) >= 11 is 5.75. The molecule has 16 heavy (non-hydrogen) atoms. The third-order valence-electron chi connectivity index (χ3n) is 2.39. The van der Waals surface area contributed by atoms with Crippen LogP contribution in [0.15, 0.2) is 12.3 Å². The number of carbonyl (C=O) groups is 1. The van der Waals surface area contributed by atoms with Crippen LogP contribution in [0.25, 0.3) is 0 Å². The van der Waals surface area contributed by atoms with E-state index < -0.39 is 12.0 Å². The number of carboxylic acids is 1. The van der Waals surface area contributed by atoms with Gasteiger partial charge in [-0.2, -0.15) is 0 Å². The molecule has 1 aromatic heterocycles. The minimum atomic E-state index is -0.893. The number of nitrogens with zero attached hydrogens (tertiary/aromatic N) is 3. The van der Waals surface area contributed by atoms with Crippen LogP contribution < -0.4 is 10.2 Å². The van der Waals surface area contributed by atoms with Gasteiger partial charge < -0.3 is 15.3 Å². The molecule has 2 heterocycles. The summed E-state index contributed by atoms with van der Waals surface area (Å²) < 4.78 is 0. The number of hydrogen-bond acceptors (Lipinski definition) is 5. The summed E-state index contributed by atoms with van der Waals surface area (Å²) in [5, 5.41) is 12.4. The van der Waals surface area contributed by atoms with E-state index in [2.05, 4.69) is 15.3 Å². The molecule has 2 N–H and O–H groups in total. The molecule has 2 rings (SSSR count). The lowest BCUT2D eigenvalue weighted by Gasteiger charge is -2.33. The number of piperazine rings is 1. The molecule has 7 heteroatoms. The van der Waals surface area contributed by atoms with Crippen molar-refractivity contribution in [1.82, 2.24) is 15.3 Å². The summed E-state index contributed by atoms with van der Waals surface area (Å²) in [6.07, 6.45) is 1.52. The van der Waals surface area contributed by atoms with Crippen molar-refractivity contribution in [3.05, 3.63) is 17.4 Å². The van der Waals surface area contributed by atoms with Gasteiger partial charge >= 0.3 is 5.97 Å². The van der Waals surface area contributed by atoms with Crippen molar-refractivity contribution in [3.8, 4) is 0 Å². The monoisotopic (exact) mass is 242 g/mol. The van der Waals surface area contributed by atoms with Gasteiger partial charge in [0.25, 0.3) is 0 Å². The van der Waals surface area contributed by atoms with E-state index >= 15 is 0 Å². The van der Waals surface area contributed by atoms with Crippen LogP contribution in [0.5, 0.6) is 0 Å². The molecule has 1 saturated heterocycles. The molecule has 86 valence electrons. The van der Waals surface area contributed by atoms with Gasteiger partial charge in [0.05, 0.1) is 0 Å². The number of nitrogens with one attached hydrogen (secondary N) is 1. The number of carboxylic acid groups (broad SMARTS) is 1. The van der Waals surface area contributed by atoms with Gasteiger partial charge in [0.2, 0.25) is 5.95 Å². The predicted molar refractivity (Wildman–Crippen MR) is 58.7 cm³/mol. The highest BCUT2D eigenvalue weighted by molar-refractivity contribution is 6.29. The first-order valence-electron chi connectivity index (χ1n) is 4.87. The Balaban J connectivity index is 2.26. The van der Waals surface area contributed by atoms with Crippen LogP contribution in [-0.2, 0) is 4.79 Å². The third-order valence-corrected chi connectivity index (χ3v) is 2.60. The molecule has 0 saturated carbocycles. The highest BCUT2D eigenvalue weighted by Crippen LogP contribution is 2.15. The zero-order valence-electron chi connectivity index (χ0n) is 8.43. The number of aromatic nitrogens is 2. The fourth-order valence-corrected chi connectivity index (χ4v) is 1.76. The first-order chi connectivity index (χ1) is 7.68. The standard InChI is InChI=1S/C9H11ClN4O2/c10-7-1-2-12-9(13-7)14-4-3-11-5-6(14)8(15)16/h1-2,6,11H,3-5H2,(H,15,16). The van der Waals surface area contributed by atoms with Crippen LogP contribution in [0.4, 0.5) is 5.95 Å². The SMILES string of the molecule is O=C(O)C1CNCCN1c1nccc(Cl)n1. The van der Waals surface area contributed by atoms with E-state index in [4.69, 9.17) is 16.7 Å². The number of hydrogen-bond donors (Lipinski definition) is 2. The van der Waals surface area contributed by atoms with Gasteiger partial charge in [0, 0.05) is 25.8 Å². The summed E-state index contributed by atoms with van der Waals surface area (Å²) in [4.78, 5) is 20.8. The van der Waals surface area contributed by atoms with Crippen LogP contribution in [0.2, 0.25) is 5.15 Å². The van der Waals surface area contributed by atoms with Crippen molar-refractivity contribution < 1.29 is 9.90 Å². The summed E-state index contributed by atoms with van der Waals surface area (Å²) in [5.41, 5.74) is 0. The van der Waals surface area contributed by atoms with Crippen molar-refractivity contribution in [2.75, 3.05) is 24.5 Å². The highest BCUT2D eigenvalue weighted by Gasteiger charge is 2.30. The van der Waals surface area contributed by atoms with Gasteiger partial charge in [-0.15, -0.1) is 0 Å². The third kappa shape index (κ3) is 2.23. The Morgan fingerprint density at radius 3 is 3.19 bits per heavy atom. The van der Waals surface area contributed by atoms with Crippen LogP contribution in [-0.4, -0.2) is 46.7 Å². The molecule has 0 radical (unpaired) electrons. The number of halogens is 1. The first-order valence-corrected chi connectivity index (χ1v) is 5.25. The lowest BCUT2D eigenvalue weighted by molar-refractivity contribution is -0.138. The summed E-state index contributed by atoms with van der Waals surface area (Å²) in [7, 11) is 0. The van der Waals surface area contributed by atoms with Crippen molar-refractivity contribution in [2.45, 2.75) is 6.04 Å². The van der Waals surface area contributed by atoms with Crippen LogP contribution in [0.3, 0.4) is 0 Å². The number of anilines is 1. The largest absolute Gasteiger partial charge is 0.480 e. The van der Waals surface area contributed by atoms with Gasteiger partial charge in [-0.05, 0) is 6.07 Å². The van der Waals surface area contributed by atoms with Gasteiger partial charge in [0.15, 0.2) is 0 Å². The van der Waals surface area contributed by atoms with Crippen molar-refractivity contribution >= 4 is 23.5 Å². The molecule has 0 aromatic carbocycles. The summed E-state index contributed by atoms with van der Waals surface area (Å²) in [6.45, 7) is 1.64. The second-order valence-corrected chi connectivity index (χ2v) is 3.82. The molecule has 1 aliphatic heterocycles. The van der Waals surface area contributed by atoms with E-state index in [0.29, 0.717) is 30.7 Å². The van der Waals surface area contributed by atoms with E-state index in [1.165, 1.54) is 6.20 Å². The maximum atomic E-state index is 11.1. The maximum Gasteiger partial charge on any atom is 0.327 e. The van der Waals surface area contributed by atoms with Crippen molar-refractivity contribution in [2.24, 2.45) is 0 Å². The van der Waals surface area contributed by atoms with Gasteiger partial charge in [-0.3, -0.25) is 0 Å². The molecule has 0 bridgehead atoms. The van der Waals surface area contributed by atoms with Gasteiger partial charge in [-0.1, -0.05) is 11.6 Å². The van der Waals surface area contributed by atoms with E-state index in [1.54, 1.807) is 11.0 Å². The summed E-state index contributed by atoms with van der Waals surface area (Å²) in [5.74, 6) is -0.530. The Labute approximate surface area is 97.3 Å². The molecule has 0 aliphatic carbocycles. The Morgan fingerprint density at radius 2 is 2.50 bits per heavy atom. The Kier molecular flexibility index (Phi) is 3.21.